The summed E-state index contributed by atoms with van der Waals surface area (Å²) in [5.41, 5.74) is 4.36. The average Bonchev–Trinajstić information content (AvgIpc) is 2.98. The van der Waals surface area contributed by atoms with Gasteiger partial charge in [0.05, 0.1) is 12.2 Å². The van der Waals surface area contributed by atoms with Gasteiger partial charge in [-0.1, -0.05) is 18.2 Å². The predicted octanol–water partition coefficient (Wildman–Crippen LogP) is 3.50. The van der Waals surface area contributed by atoms with E-state index in [0.29, 0.717) is 6.54 Å². The van der Waals surface area contributed by atoms with Crippen molar-refractivity contribution in [1.29, 1.82) is 0 Å². The number of fused-ring (bicyclic) bond motifs is 1. The maximum Gasteiger partial charge on any atom is 0.244 e. The SMILES string of the molecule is CC(=CC(=O)NCc1cn2cccc(C)c2n1)c1ccc(F)cc1. The molecule has 0 radical (unpaired) electrons. The number of imidazole rings is 1. The zero-order valence-electron chi connectivity index (χ0n) is 13.6. The zero-order valence-corrected chi connectivity index (χ0v) is 13.6. The molecule has 1 aromatic carbocycles. The molecule has 122 valence electrons. The standard InChI is InChI=1S/C19H18FN3O/c1-13-4-3-9-23-12-17(22-19(13)23)11-21-18(24)10-14(2)15-5-7-16(20)8-6-15/h3-10,12H,11H2,1-2H3,(H,21,24). The lowest BCUT2D eigenvalue weighted by Gasteiger charge is -2.03. The number of aromatic nitrogens is 2. The number of pyridine rings is 1. The molecule has 3 aromatic rings. The molecule has 4 nitrogen and oxygen atoms in total. The molecule has 0 aliphatic heterocycles. The second kappa shape index (κ2) is 6.66. The van der Waals surface area contributed by atoms with Crippen molar-refractivity contribution < 1.29 is 9.18 Å². The Bertz CT molecular complexity index is 910. The van der Waals surface area contributed by atoms with Gasteiger partial charge in [-0.3, -0.25) is 4.79 Å². The molecule has 0 aliphatic rings. The summed E-state index contributed by atoms with van der Waals surface area (Å²) in [6, 6.07) is 10.0. The van der Waals surface area contributed by atoms with Crippen LogP contribution in [0.1, 0.15) is 23.7 Å². The number of hydrogen-bond acceptors (Lipinski definition) is 2. The van der Waals surface area contributed by atoms with E-state index in [1.165, 1.54) is 18.2 Å². The molecule has 0 spiro atoms. The van der Waals surface area contributed by atoms with Gasteiger partial charge in [-0.15, -0.1) is 0 Å². The summed E-state index contributed by atoms with van der Waals surface area (Å²) in [4.78, 5) is 16.6. The summed E-state index contributed by atoms with van der Waals surface area (Å²) >= 11 is 0. The average molecular weight is 323 g/mol. The van der Waals surface area contributed by atoms with Crippen LogP contribution in [0.3, 0.4) is 0 Å². The normalized spacial score (nSPS) is 11.7. The van der Waals surface area contributed by atoms with Crippen LogP contribution in [0.4, 0.5) is 4.39 Å². The van der Waals surface area contributed by atoms with Gasteiger partial charge < -0.3 is 9.72 Å². The van der Waals surface area contributed by atoms with Crippen LogP contribution in [-0.2, 0) is 11.3 Å². The van der Waals surface area contributed by atoms with Crippen LogP contribution >= 0.6 is 0 Å². The summed E-state index contributed by atoms with van der Waals surface area (Å²) in [7, 11) is 0. The first-order valence-corrected chi connectivity index (χ1v) is 7.68. The molecule has 0 saturated heterocycles. The lowest BCUT2D eigenvalue weighted by molar-refractivity contribution is -0.116. The quantitative estimate of drug-likeness (QED) is 0.747. The molecule has 0 fully saturated rings. The van der Waals surface area contributed by atoms with Crippen molar-refractivity contribution in [2.45, 2.75) is 20.4 Å². The molecule has 0 saturated carbocycles. The number of halogens is 1. The van der Waals surface area contributed by atoms with Crippen LogP contribution < -0.4 is 5.32 Å². The van der Waals surface area contributed by atoms with E-state index in [2.05, 4.69) is 10.3 Å². The Balaban J connectivity index is 1.67. The van der Waals surface area contributed by atoms with Gasteiger partial charge >= 0.3 is 0 Å². The number of benzene rings is 1. The summed E-state index contributed by atoms with van der Waals surface area (Å²) in [5, 5.41) is 2.83. The fourth-order valence-corrected chi connectivity index (χ4v) is 2.51. The Hall–Kier alpha value is -2.95. The summed E-state index contributed by atoms with van der Waals surface area (Å²) in [6.07, 6.45) is 5.34. The van der Waals surface area contributed by atoms with Crippen molar-refractivity contribution in [3.8, 4) is 0 Å². The van der Waals surface area contributed by atoms with Gasteiger partial charge in [0.1, 0.15) is 11.5 Å². The van der Waals surface area contributed by atoms with E-state index in [1.807, 2.05) is 42.8 Å². The number of allylic oxidation sites excluding steroid dienone is 1. The van der Waals surface area contributed by atoms with E-state index < -0.39 is 0 Å². The maximum absolute atomic E-state index is 12.9. The third-order valence-corrected chi connectivity index (χ3v) is 3.82. The van der Waals surface area contributed by atoms with E-state index in [-0.39, 0.29) is 11.7 Å². The molecule has 2 aromatic heterocycles. The number of nitrogens with one attached hydrogen (secondary N) is 1. The van der Waals surface area contributed by atoms with Crippen molar-refractivity contribution in [2.24, 2.45) is 0 Å². The van der Waals surface area contributed by atoms with Crippen LogP contribution in [0.15, 0.2) is 54.9 Å². The van der Waals surface area contributed by atoms with E-state index >= 15 is 0 Å². The second-order valence-electron chi connectivity index (χ2n) is 5.71. The van der Waals surface area contributed by atoms with Crippen molar-refractivity contribution in [3.63, 3.8) is 0 Å². The first-order valence-electron chi connectivity index (χ1n) is 7.68. The largest absolute Gasteiger partial charge is 0.347 e. The van der Waals surface area contributed by atoms with Crippen molar-refractivity contribution in [3.05, 3.63) is 77.5 Å². The minimum Gasteiger partial charge on any atom is -0.347 e. The molecule has 5 heteroatoms. The number of rotatable bonds is 4. The van der Waals surface area contributed by atoms with Crippen molar-refractivity contribution in [1.82, 2.24) is 14.7 Å². The highest BCUT2D eigenvalue weighted by Crippen LogP contribution is 2.14. The number of amides is 1. The third-order valence-electron chi connectivity index (χ3n) is 3.82. The van der Waals surface area contributed by atoms with Crippen LogP contribution in [0, 0.1) is 12.7 Å². The van der Waals surface area contributed by atoms with Crippen molar-refractivity contribution >= 4 is 17.1 Å². The topological polar surface area (TPSA) is 46.4 Å². The summed E-state index contributed by atoms with van der Waals surface area (Å²) in [5.74, 6) is -0.497. The second-order valence-corrected chi connectivity index (χ2v) is 5.71. The van der Waals surface area contributed by atoms with E-state index in [1.54, 1.807) is 12.1 Å². The molecule has 1 N–H and O–H groups in total. The highest BCUT2D eigenvalue weighted by molar-refractivity contribution is 5.94. The van der Waals surface area contributed by atoms with Crippen molar-refractivity contribution in [2.75, 3.05) is 0 Å². The molecule has 1 amide bonds. The van der Waals surface area contributed by atoms with Crippen LogP contribution in [-0.4, -0.2) is 15.3 Å². The van der Waals surface area contributed by atoms with Crippen LogP contribution in [0.2, 0.25) is 0 Å². The Morgan fingerprint density at radius 2 is 2.04 bits per heavy atom. The number of hydrogen-bond donors (Lipinski definition) is 1. The predicted molar refractivity (Wildman–Crippen MR) is 91.8 cm³/mol. The lowest BCUT2D eigenvalue weighted by Crippen LogP contribution is -2.20. The Labute approximate surface area is 139 Å². The molecule has 2 heterocycles. The van der Waals surface area contributed by atoms with E-state index in [9.17, 15) is 9.18 Å². The molecule has 0 unspecified atom stereocenters. The molecular formula is C19H18FN3O. The summed E-state index contributed by atoms with van der Waals surface area (Å²) in [6.45, 7) is 4.17. The van der Waals surface area contributed by atoms with Crippen LogP contribution in [0.5, 0.6) is 0 Å². The van der Waals surface area contributed by atoms with Crippen LogP contribution in [0.25, 0.3) is 11.2 Å². The first-order chi connectivity index (χ1) is 11.5. The Kier molecular flexibility index (Phi) is 4.42. The monoisotopic (exact) mass is 323 g/mol. The highest BCUT2D eigenvalue weighted by atomic mass is 19.1. The number of carbonyl (C=O) groups excluding carboxylic acids is 1. The van der Waals surface area contributed by atoms with Gasteiger partial charge in [0.2, 0.25) is 5.91 Å². The van der Waals surface area contributed by atoms with Gasteiger partial charge in [-0.25, -0.2) is 9.37 Å². The van der Waals surface area contributed by atoms with Gasteiger partial charge in [-0.05, 0) is 48.7 Å². The number of aryl methyl sites for hydroxylation is 1. The van der Waals surface area contributed by atoms with E-state index in [4.69, 9.17) is 0 Å². The minimum atomic E-state index is -0.293. The molecule has 0 aliphatic carbocycles. The summed E-state index contributed by atoms with van der Waals surface area (Å²) < 4.78 is 14.9. The fraction of sp³-hybridized carbons (Fsp3) is 0.158. The Morgan fingerprint density at radius 1 is 1.29 bits per heavy atom. The lowest BCUT2D eigenvalue weighted by atomic mass is 10.1. The zero-order chi connectivity index (χ0) is 17.1. The van der Waals surface area contributed by atoms with Gasteiger partial charge in [-0.2, -0.15) is 0 Å². The van der Waals surface area contributed by atoms with Gasteiger partial charge in [0, 0.05) is 18.5 Å². The Morgan fingerprint density at radius 3 is 2.75 bits per heavy atom. The molecule has 0 bridgehead atoms. The molecule has 3 rings (SSSR count). The number of carbonyl (C=O) groups is 1. The van der Waals surface area contributed by atoms with E-state index in [0.717, 1.165) is 28.0 Å². The number of nitrogens with zero attached hydrogens (tertiary/aromatic N) is 2. The van der Waals surface area contributed by atoms with Gasteiger partial charge in [0.15, 0.2) is 0 Å². The molecule has 24 heavy (non-hydrogen) atoms. The minimum absolute atomic E-state index is 0.203. The molecule has 0 atom stereocenters. The van der Waals surface area contributed by atoms with Gasteiger partial charge in [0.25, 0.3) is 0 Å². The highest BCUT2D eigenvalue weighted by Gasteiger charge is 2.05. The smallest absolute Gasteiger partial charge is 0.244 e. The first kappa shape index (κ1) is 15.9. The maximum atomic E-state index is 12.9. The molecular weight excluding hydrogens is 305 g/mol. The third kappa shape index (κ3) is 3.51. The fourth-order valence-electron chi connectivity index (χ4n) is 2.51.